The molecule has 2 amide bonds. The molecule has 0 heterocycles. The van der Waals surface area contributed by atoms with E-state index in [9.17, 15) is 9.59 Å². The average Bonchev–Trinajstić information content (AvgIpc) is 2.71. The van der Waals surface area contributed by atoms with Crippen LogP contribution >= 0.6 is 0 Å². The van der Waals surface area contributed by atoms with Crippen LogP contribution in [0.1, 0.15) is 46.5 Å². The Labute approximate surface area is 108 Å². The largest absolute Gasteiger partial charge is 0.481 e. The molecule has 3 N–H and O–H groups in total. The molecule has 5 heteroatoms. The van der Waals surface area contributed by atoms with Crippen molar-refractivity contribution in [2.45, 2.75) is 46.5 Å². The van der Waals surface area contributed by atoms with Gasteiger partial charge in [0.15, 0.2) is 0 Å². The van der Waals surface area contributed by atoms with Gasteiger partial charge < -0.3 is 15.7 Å². The Morgan fingerprint density at radius 2 is 1.78 bits per heavy atom. The SMILES string of the molecule is CC1(CNC(=O)NCC(C)(C)C(=O)O)CCCC1. The third-order valence-electron chi connectivity index (χ3n) is 3.76. The molecular weight excluding hydrogens is 232 g/mol. The summed E-state index contributed by atoms with van der Waals surface area (Å²) in [4.78, 5) is 22.5. The van der Waals surface area contributed by atoms with E-state index in [0.717, 1.165) is 12.8 Å². The Kier molecular flexibility index (Phi) is 4.59. The summed E-state index contributed by atoms with van der Waals surface area (Å²) in [6, 6.07) is -0.280. The standard InChI is InChI=1S/C13H24N2O3/c1-12(2,10(16)17)8-14-11(18)15-9-13(3)6-4-5-7-13/h4-9H2,1-3H3,(H,16,17)(H2,14,15,18). The predicted molar refractivity (Wildman–Crippen MR) is 69.4 cm³/mol. The van der Waals surface area contributed by atoms with Crippen molar-refractivity contribution >= 4 is 12.0 Å². The van der Waals surface area contributed by atoms with Gasteiger partial charge in [-0.1, -0.05) is 19.8 Å². The van der Waals surface area contributed by atoms with Gasteiger partial charge in [-0.3, -0.25) is 4.79 Å². The van der Waals surface area contributed by atoms with E-state index in [1.54, 1.807) is 13.8 Å². The number of urea groups is 1. The van der Waals surface area contributed by atoms with E-state index in [-0.39, 0.29) is 18.0 Å². The fourth-order valence-electron chi connectivity index (χ4n) is 2.14. The lowest BCUT2D eigenvalue weighted by Crippen LogP contribution is -2.45. The molecule has 0 spiro atoms. The maximum absolute atomic E-state index is 11.6. The van der Waals surface area contributed by atoms with Gasteiger partial charge in [-0.25, -0.2) is 4.79 Å². The van der Waals surface area contributed by atoms with Crippen molar-refractivity contribution in [1.82, 2.24) is 10.6 Å². The third-order valence-corrected chi connectivity index (χ3v) is 3.76. The van der Waals surface area contributed by atoms with E-state index < -0.39 is 11.4 Å². The first-order valence-electron chi connectivity index (χ1n) is 6.50. The normalized spacial score (nSPS) is 18.4. The zero-order chi connectivity index (χ0) is 13.8. The monoisotopic (exact) mass is 256 g/mol. The molecule has 0 unspecified atom stereocenters. The number of carbonyl (C=O) groups is 2. The fraction of sp³-hybridized carbons (Fsp3) is 0.846. The fourth-order valence-corrected chi connectivity index (χ4v) is 2.14. The molecule has 0 atom stereocenters. The Morgan fingerprint density at radius 3 is 2.28 bits per heavy atom. The maximum atomic E-state index is 11.6. The summed E-state index contributed by atoms with van der Waals surface area (Å²) in [6.45, 7) is 6.15. The van der Waals surface area contributed by atoms with Gasteiger partial charge >= 0.3 is 12.0 Å². The molecule has 0 aliphatic heterocycles. The highest BCUT2D eigenvalue weighted by atomic mass is 16.4. The smallest absolute Gasteiger partial charge is 0.314 e. The van der Waals surface area contributed by atoms with Gasteiger partial charge in [0.05, 0.1) is 5.41 Å². The van der Waals surface area contributed by atoms with Crippen LogP contribution in [0, 0.1) is 10.8 Å². The second kappa shape index (κ2) is 5.59. The summed E-state index contributed by atoms with van der Waals surface area (Å²) >= 11 is 0. The minimum atomic E-state index is -0.936. The first kappa shape index (κ1) is 14.8. The van der Waals surface area contributed by atoms with E-state index in [4.69, 9.17) is 5.11 Å². The number of hydrogen-bond acceptors (Lipinski definition) is 2. The molecule has 0 saturated heterocycles. The van der Waals surface area contributed by atoms with E-state index in [0.29, 0.717) is 6.54 Å². The van der Waals surface area contributed by atoms with Gasteiger partial charge in [-0.15, -0.1) is 0 Å². The van der Waals surface area contributed by atoms with Gasteiger partial charge in [-0.2, -0.15) is 0 Å². The van der Waals surface area contributed by atoms with E-state index >= 15 is 0 Å². The Balaban J connectivity index is 2.28. The van der Waals surface area contributed by atoms with Crippen LogP contribution in [0.25, 0.3) is 0 Å². The Morgan fingerprint density at radius 1 is 1.22 bits per heavy atom. The van der Waals surface area contributed by atoms with Gasteiger partial charge in [-0.05, 0) is 32.1 Å². The molecule has 0 radical (unpaired) electrons. The van der Waals surface area contributed by atoms with Crippen LogP contribution in [0.15, 0.2) is 0 Å². The second-order valence-corrected chi connectivity index (χ2v) is 6.24. The van der Waals surface area contributed by atoms with Crippen LogP contribution in [0.3, 0.4) is 0 Å². The minimum Gasteiger partial charge on any atom is -0.481 e. The van der Waals surface area contributed by atoms with Gasteiger partial charge in [0.25, 0.3) is 0 Å². The molecule has 5 nitrogen and oxygen atoms in total. The highest BCUT2D eigenvalue weighted by Crippen LogP contribution is 2.36. The van der Waals surface area contributed by atoms with Crippen molar-refractivity contribution in [3.05, 3.63) is 0 Å². The first-order chi connectivity index (χ1) is 8.25. The molecule has 18 heavy (non-hydrogen) atoms. The lowest BCUT2D eigenvalue weighted by atomic mass is 9.89. The number of nitrogens with one attached hydrogen (secondary N) is 2. The molecule has 1 fully saturated rings. The number of carboxylic acid groups (broad SMARTS) is 1. The zero-order valence-corrected chi connectivity index (χ0v) is 11.5. The number of amides is 2. The van der Waals surface area contributed by atoms with E-state index in [1.165, 1.54) is 12.8 Å². The molecule has 1 aliphatic carbocycles. The highest BCUT2D eigenvalue weighted by Gasteiger charge is 2.30. The van der Waals surface area contributed by atoms with E-state index in [2.05, 4.69) is 17.6 Å². The molecular formula is C13H24N2O3. The lowest BCUT2D eigenvalue weighted by Gasteiger charge is -2.25. The average molecular weight is 256 g/mol. The number of aliphatic carboxylic acids is 1. The number of carboxylic acids is 1. The molecule has 0 aromatic carbocycles. The molecule has 0 bridgehead atoms. The van der Waals surface area contributed by atoms with Crippen molar-refractivity contribution < 1.29 is 14.7 Å². The summed E-state index contributed by atoms with van der Waals surface area (Å²) in [5.74, 6) is -0.912. The van der Waals surface area contributed by atoms with Crippen molar-refractivity contribution in [3.63, 3.8) is 0 Å². The summed E-state index contributed by atoms with van der Waals surface area (Å²) in [5, 5.41) is 14.4. The molecule has 0 aromatic rings. The molecule has 1 rings (SSSR count). The maximum Gasteiger partial charge on any atom is 0.314 e. The van der Waals surface area contributed by atoms with Crippen LogP contribution in [0.4, 0.5) is 4.79 Å². The van der Waals surface area contributed by atoms with Gasteiger partial charge in [0.2, 0.25) is 0 Å². The molecule has 1 aliphatic rings. The second-order valence-electron chi connectivity index (χ2n) is 6.24. The van der Waals surface area contributed by atoms with Crippen LogP contribution in [0.2, 0.25) is 0 Å². The topological polar surface area (TPSA) is 78.4 Å². The summed E-state index contributed by atoms with van der Waals surface area (Å²) in [6.07, 6.45) is 4.75. The highest BCUT2D eigenvalue weighted by molar-refractivity contribution is 5.77. The Bertz CT molecular complexity index is 320. The Hall–Kier alpha value is -1.26. The summed E-state index contributed by atoms with van der Waals surface area (Å²) in [7, 11) is 0. The van der Waals surface area contributed by atoms with Crippen molar-refractivity contribution in [2.75, 3.05) is 13.1 Å². The quantitative estimate of drug-likeness (QED) is 0.703. The van der Waals surface area contributed by atoms with Crippen LogP contribution in [-0.2, 0) is 4.79 Å². The van der Waals surface area contributed by atoms with Crippen molar-refractivity contribution in [2.24, 2.45) is 10.8 Å². The molecule has 104 valence electrons. The zero-order valence-electron chi connectivity index (χ0n) is 11.5. The van der Waals surface area contributed by atoms with E-state index in [1.807, 2.05) is 0 Å². The number of rotatable bonds is 5. The molecule has 1 saturated carbocycles. The van der Waals surface area contributed by atoms with Crippen molar-refractivity contribution in [1.29, 1.82) is 0 Å². The summed E-state index contributed by atoms with van der Waals surface area (Å²) < 4.78 is 0. The number of hydrogen-bond donors (Lipinski definition) is 3. The van der Waals surface area contributed by atoms with Crippen LogP contribution in [0.5, 0.6) is 0 Å². The van der Waals surface area contributed by atoms with Crippen LogP contribution < -0.4 is 10.6 Å². The number of carbonyl (C=O) groups excluding carboxylic acids is 1. The van der Waals surface area contributed by atoms with Crippen molar-refractivity contribution in [3.8, 4) is 0 Å². The van der Waals surface area contributed by atoms with Crippen LogP contribution in [-0.4, -0.2) is 30.2 Å². The first-order valence-corrected chi connectivity index (χ1v) is 6.50. The minimum absolute atomic E-state index is 0.130. The lowest BCUT2D eigenvalue weighted by molar-refractivity contribution is -0.146. The molecule has 0 aromatic heterocycles. The summed E-state index contributed by atoms with van der Waals surface area (Å²) in [5.41, 5.74) is -0.728. The van der Waals surface area contributed by atoms with Gasteiger partial charge in [0.1, 0.15) is 0 Å². The van der Waals surface area contributed by atoms with Gasteiger partial charge in [0, 0.05) is 13.1 Å². The third kappa shape index (κ3) is 4.20. The predicted octanol–water partition coefficient (Wildman–Crippen LogP) is 1.98.